The molecule has 0 atom stereocenters. The Balaban J connectivity index is 1.56. The molecular weight excluding hydrogens is 609 g/mol. The van der Waals surface area contributed by atoms with E-state index >= 15 is 0 Å². The average Bonchev–Trinajstić information content (AvgIpc) is 3.13. The molecule has 0 heterocycles. The second kappa shape index (κ2) is 14.8. The zero-order chi connectivity index (χ0) is 35.4. The van der Waals surface area contributed by atoms with Crippen LogP contribution in [-0.4, -0.2) is 56.4 Å². The lowest BCUT2D eigenvalue weighted by Gasteiger charge is -2.17. The highest BCUT2D eigenvalue weighted by Crippen LogP contribution is 2.35. The Morgan fingerprint density at radius 3 is 0.840 bits per heavy atom. The summed E-state index contributed by atoms with van der Waals surface area (Å²) in [7, 11) is 16.7. The smallest absolute Gasteiger partial charge is 0.0361 e. The van der Waals surface area contributed by atoms with E-state index in [1.165, 1.54) is 78.0 Å². The van der Waals surface area contributed by atoms with Crippen LogP contribution in [0.3, 0.4) is 0 Å². The van der Waals surface area contributed by atoms with Crippen LogP contribution >= 0.6 is 0 Å². The van der Waals surface area contributed by atoms with Gasteiger partial charge in [-0.05, 0) is 116 Å². The predicted octanol–water partition coefficient (Wildman–Crippen LogP) is 10.3. The third kappa shape index (κ3) is 7.45. The zero-order valence-electron chi connectivity index (χ0n) is 30.6. The summed E-state index contributed by atoms with van der Waals surface area (Å²) in [4.78, 5) is 8.56. The van der Waals surface area contributed by atoms with E-state index in [9.17, 15) is 0 Å². The minimum absolute atomic E-state index is 1.18. The van der Waals surface area contributed by atoms with Crippen molar-refractivity contribution in [3.05, 3.63) is 167 Å². The van der Waals surface area contributed by atoms with Gasteiger partial charge in [0.25, 0.3) is 0 Å². The van der Waals surface area contributed by atoms with Crippen LogP contribution in [0.5, 0.6) is 0 Å². The van der Waals surface area contributed by atoms with E-state index in [1.54, 1.807) is 0 Å². The number of rotatable bonds is 10. The SMILES string of the molecule is CN(C)c1ccc(C(=Cc2cccc3cccc(C=C(c4ccc(N(C)C)cc4)c4ccc(N(C)C)cc4)c23)c2ccc(N(C)C)cc2)cc1. The van der Waals surface area contributed by atoms with E-state index in [0.29, 0.717) is 0 Å². The molecule has 0 saturated carbocycles. The molecule has 0 aromatic heterocycles. The van der Waals surface area contributed by atoms with Crippen LogP contribution in [0.15, 0.2) is 133 Å². The van der Waals surface area contributed by atoms with Gasteiger partial charge in [0, 0.05) is 79.1 Å². The molecule has 252 valence electrons. The summed E-state index contributed by atoms with van der Waals surface area (Å²) >= 11 is 0. The molecule has 0 amide bonds. The lowest BCUT2D eigenvalue weighted by Crippen LogP contribution is -2.08. The summed E-state index contributed by atoms with van der Waals surface area (Å²) in [6.07, 6.45) is 4.73. The van der Waals surface area contributed by atoms with Crippen LogP contribution < -0.4 is 19.6 Å². The molecule has 4 heteroatoms. The molecule has 50 heavy (non-hydrogen) atoms. The zero-order valence-corrected chi connectivity index (χ0v) is 30.6. The van der Waals surface area contributed by atoms with E-state index < -0.39 is 0 Å². The highest BCUT2D eigenvalue weighted by molar-refractivity contribution is 6.05. The quantitative estimate of drug-likeness (QED) is 0.136. The number of nitrogens with zero attached hydrogens (tertiary/aromatic N) is 4. The highest BCUT2D eigenvalue weighted by atomic mass is 15.1. The molecule has 0 radical (unpaired) electrons. The fourth-order valence-corrected chi connectivity index (χ4v) is 6.37. The summed E-state index contributed by atoms with van der Waals surface area (Å²) in [5.74, 6) is 0. The van der Waals surface area contributed by atoms with Crippen molar-refractivity contribution in [1.82, 2.24) is 0 Å². The number of hydrogen-bond donors (Lipinski definition) is 0. The molecule has 0 N–H and O–H groups in total. The highest BCUT2D eigenvalue weighted by Gasteiger charge is 2.13. The van der Waals surface area contributed by atoms with Gasteiger partial charge in [-0.2, -0.15) is 0 Å². The van der Waals surface area contributed by atoms with Crippen LogP contribution in [0.2, 0.25) is 0 Å². The summed E-state index contributed by atoms with van der Waals surface area (Å²) in [6, 6.07) is 48.8. The van der Waals surface area contributed by atoms with Gasteiger partial charge >= 0.3 is 0 Å². The van der Waals surface area contributed by atoms with Crippen molar-refractivity contribution in [2.45, 2.75) is 0 Å². The second-order valence-corrected chi connectivity index (χ2v) is 13.7. The lowest BCUT2D eigenvalue weighted by atomic mass is 9.90. The maximum absolute atomic E-state index is 2.37. The first-order chi connectivity index (χ1) is 24.1. The second-order valence-electron chi connectivity index (χ2n) is 13.7. The number of benzene rings is 6. The molecule has 0 unspecified atom stereocenters. The van der Waals surface area contributed by atoms with Crippen molar-refractivity contribution in [3.63, 3.8) is 0 Å². The number of anilines is 4. The molecule has 6 rings (SSSR count). The molecule has 0 aliphatic carbocycles. The summed E-state index contributed by atoms with van der Waals surface area (Å²) in [5, 5.41) is 2.44. The molecule has 0 saturated heterocycles. The third-order valence-corrected chi connectivity index (χ3v) is 9.35. The topological polar surface area (TPSA) is 13.0 Å². The van der Waals surface area contributed by atoms with Crippen LogP contribution in [0.25, 0.3) is 34.1 Å². The van der Waals surface area contributed by atoms with Crippen LogP contribution in [0, 0.1) is 0 Å². The van der Waals surface area contributed by atoms with Gasteiger partial charge in [-0.3, -0.25) is 0 Å². The van der Waals surface area contributed by atoms with Crippen LogP contribution in [0.1, 0.15) is 33.4 Å². The first-order valence-corrected chi connectivity index (χ1v) is 17.2. The molecule has 0 aliphatic heterocycles. The van der Waals surface area contributed by atoms with Gasteiger partial charge in [0.15, 0.2) is 0 Å². The fourth-order valence-electron chi connectivity index (χ4n) is 6.37. The van der Waals surface area contributed by atoms with E-state index in [0.717, 1.165) is 0 Å². The van der Waals surface area contributed by atoms with Gasteiger partial charge in [0.1, 0.15) is 0 Å². The van der Waals surface area contributed by atoms with Crippen molar-refractivity contribution in [2.24, 2.45) is 0 Å². The Labute approximate surface area is 298 Å². The molecular formula is C46H48N4. The molecule has 0 bridgehead atoms. The van der Waals surface area contributed by atoms with Gasteiger partial charge in [-0.25, -0.2) is 0 Å². The lowest BCUT2D eigenvalue weighted by molar-refractivity contribution is 1.13. The van der Waals surface area contributed by atoms with Gasteiger partial charge < -0.3 is 19.6 Å². The summed E-state index contributed by atoms with van der Waals surface area (Å²) in [5.41, 5.74) is 14.2. The molecule has 6 aromatic rings. The summed E-state index contributed by atoms with van der Waals surface area (Å²) in [6.45, 7) is 0. The number of fused-ring (bicyclic) bond motifs is 1. The van der Waals surface area contributed by atoms with Gasteiger partial charge in [-0.1, -0.05) is 84.9 Å². The maximum atomic E-state index is 2.37. The minimum Gasteiger partial charge on any atom is -0.378 e. The maximum Gasteiger partial charge on any atom is 0.0361 e. The molecule has 6 aromatic carbocycles. The van der Waals surface area contributed by atoms with Gasteiger partial charge in [-0.15, -0.1) is 0 Å². The molecule has 4 nitrogen and oxygen atoms in total. The van der Waals surface area contributed by atoms with Crippen molar-refractivity contribution in [3.8, 4) is 0 Å². The van der Waals surface area contributed by atoms with Crippen molar-refractivity contribution in [2.75, 3.05) is 76.0 Å². The Hall–Kier alpha value is -5.74. The monoisotopic (exact) mass is 656 g/mol. The van der Waals surface area contributed by atoms with Crippen molar-refractivity contribution in [1.29, 1.82) is 0 Å². The first kappa shape index (κ1) is 34.1. The molecule has 0 spiro atoms. The largest absolute Gasteiger partial charge is 0.378 e. The van der Waals surface area contributed by atoms with Gasteiger partial charge in [0.2, 0.25) is 0 Å². The standard InChI is InChI=1S/C46H48N4/c1-47(2)40-23-15-33(16-24-40)44(34-17-25-41(26-18-34)48(3)4)31-38-13-9-11-37-12-10-14-39(46(37)38)32-45(35-19-27-42(28-20-35)49(5)6)36-21-29-43(30-22-36)50(7)8/h9-32H,1-8H3. The Bertz CT molecular complexity index is 1860. The van der Waals surface area contributed by atoms with Crippen molar-refractivity contribution < 1.29 is 0 Å². The van der Waals surface area contributed by atoms with Crippen LogP contribution in [0.4, 0.5) is 22.7 Å². The average molecular weight is 657 g/mol. The van der Waals surface area contributed by atoms with E-state index in [2.05, 4.69) is 222 Å². The van der Waals surface area contributed by atoms with Crippen LogP contribution in [-0.2, 0) is 0 Å². The minimum atomic E-state index is 1.18. The molecule has 0 aliphatic rings. The first-order valence-electron chi connectivity index (χ1n) is 17.2. The van der Waals surface area contributed by atoms with E-state index in [-0.39, 0.29) is 0 Å². The van der Waals surface area contributed by atoms with E-state index in [1.807, 2.05) is 0 Å². The third-order valence-electron chi connectivity index (χ3n) is 9.35. The Morgan fingerprint density at radius 1 is 0.340 bits per heavy atom. The van der Waals surface area contributed by atoms with Gasteiger partial charge in [0.05, 0.1) is 0 Å². The Morgan fingerprint density at radius 2 is 0.600 bits per heavy atom. The normalized spacial score (nSPS) is 10.8. The van der Waals surface area contributed by atoms with E-state index in [4.69, 9.17) is 0 Å². The summed E-state index contributed by atoms with van der Waals surface area (Å²) < 4.78 is 0. The fraction of sp³-hybridized carbons (Fsp3) is 0.174. The number of hydrogen-bond acceptors (Lipinski definition) is 4. The predicted molar refractivity (Wildman–Crippen MR) is 221 cm³/mol. The molecule has 0 fully saturated rings. The Kier molecular flexibility index (Phi) is 10.1. The van der Waals surface area contributed by atoms with Crippen molar-refractivity contribution >= 4 is 56.8 Å².